The van der Waals surface area contributed by atoms with Gasteiger partial charge in [0.2, 0.25) is 0 Å². The summed E-state index contributed by atoms with van der Waals surface area (Å²) in [7, 11) is 1.60. The summed E-state index contributed by atoms with van der Waals surface area (Å²) in [5.41, 5.74) is 1.66. The Balaban J connectivity index is 1.61. The number of nitrogens with one attached hydrogen (secondary N) is 2. The predicted molar refractivity (Wildman–Crippen MR) is 107 cm³/mol. The molecule has 148 valence electrons. The summed E-state index contributed by atoms with van der Waals surface area (Å²) in [5.74, 6) is 0.277. The van der Waals surface area contributed by atoms with Gasteiger partial charge in [-0.15, -0.1) is 0 Å². The molecule has 0 unspecified atom stereocenters. The summed E-state index contributed by atoms with van der Waals surface area (Å²) in [5, 5.41) is 5.94. The van der Waals surface area contributed by atoms with Crippen LogP contribution in [0, 0.1) is 0 Å². The maximum absolute atomic E-state index is 12.6. The van der Waals surface area contributed by atoms with Crippen molar-refractivity contribution >= 4 is 11.8 Å². The van der Waals surface area contributed by atoms with Crippen molar-refractivity contribution < 1.29 is 14.3 Å². The van der Waals surface area contributed by atoms with Gasteiger partial charge >= 0.3 is 0 Å². The number of amides is 2. The number of aromatic nitrogens is 1. The van der Waals surface area contributed by atoms with Crippen LogP contribution in [0.25, 0.3) is 0 Å². The Morgan fingerprint density at radius 3 is 2.43 bits per heavy atom. The molecule has 2 aromatic rings. The van der Waals surface area contributed by atoms with Crippen LogP contribution >= 0.6 is 0 Å². The van der Waals surface area contributed by atoms with Crippen molar-refractivity contribution in [3.63, 3.8) is 0 Å². The van der Waals surface area contributed by atoms with Crippen LogP contribution < -0.4 is 15.4 Å². The first-order valence-electron chi connectivity index (χ1n) is 9.83. The molecule has 0 radical (unpaired) electrons. The number of methoxy groups -OCH3 is 1. The van der Waals surface area contributed by atoms with Gasteiger partial charge in [0.15, 0.2) is 0 Å². The zero-order valence-corrected chi connectivity index (χ0v) is 16.2. The quantitative estimate of drug-likeness (QED) is 0.751. The first-order chi connectivity index (χ1) is 13.7. The summed E-state index contributed by atoms with van der Waals surface area (Å²) >= 11 is 0. The Kier molecular flexibility index (Phi) is 7.00. The van der Waals surface area contributed by atoms with Gasteiger partial charge in [0.25, 0.3) is 11.8 Å². The zero-order valence-electron chi connectivity index (χ0n) is 16.2. The highest BCUT2D eigenvalue weighted by molar-refractivity contribution is 5.99. The average Bonchev–Trinajstić information content (AvgIpc) is 3.01. The van der Waals surface area contributed by atoms with E-state index in [1.54, 1.807) is 13.2 Å². The fraction of sp³-hybridized carbons (Fsp3) is 0.409. The molecule has 1 aromatic carbocycles. The third kappa shape index (κ3) is 5.31. The van der Waals surface area contributed by atoms with Crippen molar-refractivity contribution in [1.82, 2.24) is 15.6 Å². The van der Waals surface area contributed by atoms with Crippen LogP contribution in [0.1, 0.15) is 64.8 Å². The molecule has 3 rings (SSSR count). The molecule has 28 heavy (non-hydrogen) atoms. The molecule has 0 spiro atoms. The van der Waals surface area contributed by atoms with Gasteiger partial charge in [0.1, 0.15) is 5.75 Å². The third-order valence-corrected chi connectivity index (χ3v) is 5.08. The van der Waals surface area contributed by atoms with E-state index in [9.17, 15) is 9.59 Å². The second-order valence-electron chi connectivity index (χ2n) is 7.12. The minimum absolute atomic E-state index is 0.168. The highest BCUT2D eigenvalue weighted by atomic mass is 16.5. The molecule has 0 aliphatic heterocycles. The van der Waals surface area contributed by atoms with Gasteiger partial charge in [-0.25, -0.2) is 0 Å². The van der Waals surface area contributed by atoms with Gasteiger partial charge in [-0.05, 0) is 25.0 Å². The largest absolute Gasteiger partial charge is 0.496 e. The number of nitrogens with zero attached hydrogens (tertiary/aromatic N) is 1. The van der Waals surface area contributed by atoms with E-state index < -0.39 is 0 Å². The minimum Gasteiger partial charge on any atom is -0.496 e. The number of rotatable bonds is 6. The molecule has 1 aromatic heterocycles. The van der Waals surface area contributed by atoms with Crippen LogP contribution in [0.4, 0.5) is 0 Å². The molecule has 2 N–H and O–H groups in total. The van der Waals surface area contributed by atoms with E-state index in [-0.39, 0.29) is 17.9 Å². The lowest BCUT2D eigenvalue weighted by Crippen LogP contribution is -2.34. The smallest absolute Gasteiger partial charge is 0.253 e. The molecule has 0 saturated heterocycles. The Hall–Kier alpha value is -2.89. The number of carbonyl (C=O) groups excluding carboxylic acids is 2. The third-order valence-electron chi connectivity index (χ3n) is 5.08. The molecular formula is C22H27N3O3. The van der Waals surface area contributed by atoms with Gasteiger partial charge in [-0.2, -0.15) is 0 Å². The highest BCUT2D eigenvalue weighted by Gasteiger charge is 2.17. The number of benzene rings is 1. The van der Waals surface area contributed by atoms with Crippen LogP contribution in [-0.4, -0.2) is 29.9 Å². The normalized spacial score (nSPS) is 14.8. The second-order valence-corrected chi connectivity index (χ2v) is 7.12. The van der Waals surface area contributed by atoms with Gasteiger partial charge in [0, 0.05) is 30.5 Å². The molecule has 2 amide bonds. The van der Waals surface area contributed by atoms with Crippen LogP contribution in [0.2, 0.25) is 0 Å². The Morgan fingerprint density at radius 2 is 1.71 bits per heavy atom. The second kappa shape index (κ2) is 9.88. The lowest BCUT2D eigenvalue weighted by atomic mass is 10.1. The standard InChI is InChI=1S/C22H27N3O3/c1-28-20-11-7-6-8-16(20)15-24-21(26)17-12-18(14-23-13-17)22(27)25-19-9-4-2-3-5-10-19/h6-8,11-14,19H,2-5,9-10,15H2,1H3,(H,24,26)(H,25,27). The van der Waals surface area contributed by atoms with Crippen molar-refractivity contribution in [3.8, 4) is 5.75 Å². The van der Waals surface area contributed by atoms with Gasteiger partial charge in [-0.3, -0.25) is 14.6 Å². The molecule has 1 saturated carbocycles. The van der Waals surface area contributed by atoms with E-state index in [0.29, 0.717) is 17.7 Å². The van der Waals surface area contributed by atoms with Crippen molar-refractivity contribution in [2.45, 2.75) is 51.1 Å². The molecule has 1 fully saturated rings. The number of ether oxygens (including phenoxy) is 1. The summed E-state index contributed by atoms with van der Waals surface area (Å²) in [6.45, 7) is 0.335. The van der Waals surface area contributed by atoms with E-state index in [4.69, 9.17) is 4.74 Å². The molecule has 1 aliphatic carbocycles. The number of carbonyl (C=O) groups is 2. The lowest BCUT2D eigenvalue weighted by Gasteiger charge is -2.16. The monoisotopic (exact) mass is 381 g/mol. The van der Waals surface area contributed by atoms with Crippen LogP contribution in [0.5, 0.6) is 5.75 Å². The van der Waals surface area contributed by atoms with Crippen molar-refractivity contribution in [2.24, 2.45) is 0 Å². The van der Waals surface area contributed by atoms with E-state index in [1.807, 2.05) is 24.3 Å². The van der Waals surface area contributed by atoms with Crippen LogP contribution in [0.3, 0.4) is 0 Å². The Labute approximate surface area is 165 Å². The van der Waals surface area contributed by atoms with Crippen molar-refractivity contribution in [3.05, 3.63) is 59.4 Å². The Bertz CT molecular complexity index is 814. The van der Waals surface area contributed by atoms with Crippen molar-refractivity contribution in [1.29, 1.82) is 0 Å². The summed E-state index contributed by atoms with van der Waals surface area (Å²) in [6.07, 6.45) is 9.76. The fourth-order valence-electron chi connectivity index (χ4n) is 3.51. The maximum Gasteiger partial charge on any atom is 0.253 e. The molecular weight excluding hydrogens is 354 g/mol. The first kappa shape index (κ1) is 19.9. The average molecular weight is 381 g/mol. The molecule has 0 bridgehead atoms. The predicted octanol–water partition coefficient (Wildman–Crippen LogP) is 3.47. The van der Waals surface area contributed by atoms with Gasteiger partial charge in [-0.1, -0.05) is 43.9 Å². The van der Waals surface area contributed by atoms with Gasteiger partial charge < -0.3 is 15.4 Å². The summed E-state index contributed by atoms with van der Waals surface area (Å²) < 4.78 is 5.30. The molecule has 6 nitrogen and oxygen atoms in total. The maximum atomic E-state index is 12.6. The van der Waals surface area contributed by atoms with E-state index >= 15 is 0 Å². The topological polar surface area (TPSA) is 80.3 Å². The van der Waals surface area contributed by atoms with Crippen LogP contribution in [-0.2, 0) is 6.54 Å². The molecule has 1 aliphatic rings. The lowest BCUT2D eigenvalue weighted by molar-refractivity contribution is 0.0933. The van der Waals surface area contributed by atoms with E-state index in [2.05, 4.69) is 15.6 Å². The Morgan fingerprint density at radius 1 is 1.04 bits per heavy atom. The van der Waals surface area contributed by atoms with E-state index in [0.717, 1.165) is 37.0 Å². The van der Waals surface area contributed by atoms with Crippen LogP contribution in [0.15, 0.2) is 42.7 Å². The summed E-state index contributed by atoms with van der Waals surface area (Å²) in [6, 6.07) is 9.32. The number of para-hydroxylation sites is 1. The number of hydrogen-bond donors (Lipinski definition) is 2. The molecule has 1 heterocycles. The van der Waals surface area contributed by atoms with Crippen molar-refractivity contribution in [2.75, 3.05) is 7.11 Å². The number of pyridine rings is 1. The van der Waals surface area contributed by atoms with E-state index in [1.165, 1.54) is 25.2 Å². The van der Waals surface area contributed by atoms with Gasteiger partial charge in [0.05, 0.1) is 18.2 Å². The fourth-order valence-corrected chi connectivity index (χ4v) is 3.51. The molecule has 6 heteroatoms. The first-order valence-corrected chi connectivity index (χ1v) is 9.83. The minimum atomic E-state index is -0.275. The number of hydrogen-bond acceptors (Lipinski definition) is 4. The molecule has 0 atom stereocenters. The highest BCUT2D eigenvalue weighted by Crippen LogP contribution is 2.18. The summed E-state index contributed by atoms with van der Waals surface area (Å²) in [4.78, 5) is 29.1. The zero-order chi connectivity index (χ0) is 19.8. The SMILES string of the molecule is COc1ccccc1CNC(=O)c1cncc(C(=O)NC2CCCCCC2)c1.